The molecule has 0 radical (unpaired) electrons. The molecule has 0 bridgehead atoms. The zero-order chi connectivity index (χ0) is 24.5. The van der Waals surface area contributed by atoms with E-state index in [-0.39, 0.29) is 17.7 Å². The predicted octanol–water partition coefficient (Wildman–Crippen LogP) is 5.77. The molecule has 1 aliphatic rings. The van der Waals surface area contributed by atoms with Crippen molar-refractivity contribution in [3.8, 4) is 17.2 Å². The fourth-order valence-corrected chi connectivity index (χ4v) is 3.99. The van der Waals surface area contributed by atoms with Gasteiger partial charge >= 0.3 is 0 Å². The monoisotopic (exact) mass is 470 g/mol. The smallest absolute Gasteiger partial charge is 0.246 e. The summed E-state index contributed by atoms with van der Waals surface area (Å²) in [5, 5.41) is 3.02. The maximum Gasteiger partial charge on any atom is 0.246 e. The molecule has 4 rings (SSSR count). The van der Waals surface area contributed by atoms with E-state index in [1.807, 2.05) is 91.9 Å². The highest BCUT2D eigenvalue weighted by molar-refractivity contribution is 5.95. The lowest BCUT2D eigenvalue weighted by Crippen LogP contribution is -2.40. The van der Waals surface area contributed by atoms with Gasteiger partial charge in [0.2, 0.25) is 11.8 Å². The number of hydrogen-bond acceptors (Lipinski definition) is 4. The second-order valence-electron chi connectivity index (χ2n) is 8.34. The molecule has 0 aromatic heterocycles. The van der Waals surface area contributed by atoms with E-state index < -0.39 is 0 Å². The van der Waals surface area contributed by atoms with Gasteiger partial charge in [-0.3, -0.25) is 9.59 Å². The van der Waals surface area contributed by atoms with Crippen LogP contribution in [-0.2, 0) is 9.59 Å². The minimum atomic E-state index is -0.157. The molecule has 3 aromatic carbocycles. The van der Waals surface area contributed by atoms with Gasteiger partial charge in [0.15, 0.2) is 5.75 Å². The van der Waals surface area contributed by atoms with Crippen LogP contribution in [0.5, 0.6) is 17.2 Å². The number of nitrogens with zero attached hydrogens (tertiary/aromatic N) is 1. The lowest BCUT2D eigenvalue weighted by atomic mass is 9.95. The number of piperidine rings is 1. The van der Waals surface area contributed by atoms with Crippen LogP contribution in [-0.4, -0.2) is 36.4 Å². The summed E-state index contributed by atoms with van der Waals surface area (Å²) in [6.07, 6.45) is 4.67. The molecule has 6 nitrogen and oxygen atoms in total. The van der Waals surface area contributed by atoms with Gasteiger partial charge in [0.1, 0.15) is 11.5 Å². The van der Waals surface area contributed by atoms with Crippen LogP contribution in [0.25, 0.3) is 6.08 Å². The highest BCUT2D eigenvalue weighted by Crippen LogP contribution is 2.31. The van der Waals surface area contributed by atoms with Crippen molar-refractivity contribution in [1.29, 1.82) is 0 Å². The number of carbonyl (C=O) groups excluding carboxylic acids is 2. The third kappa shape index (κ3) is 6.73. The lowest BCUT2D eigenvalue weighted by Gasteiger charge is -2.30. The first kappa shape index (κ1) is 24.1. The van der Waals surface area contributed by atoms with Crippen molar-refractivity contribution in [3.05, 3.63) is 90.5 Å². The SMILES string of the molecule is CCOc1ccc(Oc2ccccc2NC(=O)C2CCN(C(=O)C=Cc3ccccc3)CC2)cc1. The third-order valence-electron chi connectivity index (χ3n) is 5.90. The number of rotatable bonds is 8. The van der Waals surface area contributed by atoms with Gasteiger partial charge < -0.3 is 19.7 Å². The molecule has 3 aromatic rings. The Morgan fingerprint density at radius 3 is 2.29 bits per heavy atom. The van der Waals surface area contributed by atoms with Gasteiger partial charge in [0.25, 0.3) is 0 Å². The summed E-state index contributed by atoms with van der Waals surface area (Å²) >= 11 is 0. The van der Waals surface area contributed by atoms with E-state index >= 15 is 0 Å². The normalized spacial score (nSPS) is 14.0. The second-order valence-corrected chi connectivity index (χ2v) is 8.34. The van der Waals surface area contributed by atoms with Gasteiger partial charge in [-0.05, 0) is 67.8 Å². The molecule has 180 valence electrons. The summed E-state index contributed by atoms with van der Waals surface area (Å²) < 4.78 is 11.5. The first-order chi connectivity index (χ1) is 17.1. The average Bonchev–Trinajstić information content (AvgIpc) is 2.90. The highest BCUT2D eigenvalue weighted by Gasteiger charge is 2.27. The maximum absolute atomic E-state index is 13.0. The van der Waals surface area contributed by atoms with Crippen LogP contribution in [0.4, 0.5) is 5.69 Å². The molecule has 1 aliphatic heterocycles. The summed E-state index contributed by atoms with van der Waals surface area (Å²) in [4.78, 5) is 27.3. The van der Waals surface area contributed by atoms with E-state index in [0.717, 1.165) is 11.3 Å². The topological polar surface area (TPSA) is 67.9 Å². The van der Waals surface area contributed by atoms with Crippen LogP contribution < -0.4 is 14.8 Å². The molecule has 2 amide bonds. The number of anilines is 1. The number of carbonyl (C=O) groups is 2. The Hall–Kier alpha value is -4.06. The minimum absolute atomic E-state index is 0.0261. The van der Waals surface area contributed by atoms with Crippen LogP contribution in [0.3, 0.4) is 0 Å². The Bertz CT molecular complexity index is 1150. The molecule has 1 heterocycles. The number of amides is 2. The largest absolute Gasteiger partial charge is 0.494 e. The fourth-order valence-electron chi connectivity index (χ4n) is 3.99. The van der Waals surface area contributed by atoms with Gasteiger partial charge in [-0.25, -0.2) is 0 Å². The second kappa shape index (κ2) is 11.9. The summed E-state index contributed by atoms with van der Waals surface area (Å²) in [7, 11) is 0. The minimum Gasteiger partial charge on any atom is -0.494 e. The van der Waals surface area contributed by atoms with Gasteiger partial charge in [-0.1, -0.05) is 42.5 Å². The van der Waals surface area contributed by atoms with Gasteiger partial charge in [-0.2, -0.15) is 0 Å². The van der Waals surface area contributed by atoms with Gasteiger partial charge in [0.05, 0.1) is 12.3 Å². The Morgan fingerprint density at radius 1 is 0.914 bits per heavy atom. The Labute approximate surface area is 206 Å². The Kier molecular flexibility index (Phi) is 8.17. The van der Waals surface area contributed by atoms with Crippen LogP contribution in [0.1, 0.15) is 25.3 Å². The molecule has 1 saturated heterocycles. The van der Waals surface area contributed by atoms with E-state index in [1.165, 1.54) is 0 Å². The molecule has 6 heteroatoms. The molecule has 0 saturated carbocycles. The molecule has 35 heavy (non-hydrogen) atoms. The third-order valence-corrected chi connectivity index (χ3v) is 5.90. The summed E-state index contributed by atoms with van der Waals surface area (Å²) in [5.74, 6) is 1.77. The standard InChI is InChI=1S/C29H30N2O4/c1-2-34-24-13-15-25(16-14-24)35-27-11-7-6-10-26(27)30-29(33)23-18-20-31(21-19-23)28(32)17-12-22-8-4-3-5-9-22/h3-17,23H,2,18-21H2,1H3,(H,30,33). The summed E-state index contributed by atoms with van der Waals surface area (Å²) in [5.41, 5.74) is 1.61. The zero-order valence-corrected chi connectivity index (χ0v) is 19.9. The summed E-state index contributed by atoms with van der Waals surface area (Å²) in [6, 6.07) is 24.5. The van der Waals surface area contributed by atoms with Crippen LogP contribution in [0, 0.1) is 5.92 Å². The predicted molar refractivity (Wildman–Crippen MR) is 138 cm³/mol. The van der Waals surface area contributed by atoms with Crippen molar-refractivity contribution >= 4 is 23.6 Å². The molecule has 1 fully saturated rings. The maximum atomic E-state index is 13.0. The van der Waals surface area contributed by atoms with Crippen LogP contribution in [0.15, 0.2) is 84.9 Å². The fraction of sp³-hybridized carbons (Fsp3) is 0.241. The molecular weight excluding hydrogens is 440 g/mol. The number of ether oxygens (including phenoxy) is 2. The van der Waals surface area contributed by atoms with Crippen molar-refractivity contribution in [2.45, 2.75) is 19.8 Å². The number of nitrogens with one attached hydrogen (secondary N) is 1. The average molecular weight is 471 g/mol. The van der Waals surface area contributed by atoms with Crippen LogP contribution >= 0.6 is 0 Å². The Morgan fingerprint density at radius 2 is 1.57 bits per heavy atom. The van der Waals surface area contributed by atoms with Crippen molar-refractivity contribution in [2.75, 3.05) is 25.0 Å². The Balaban J connectivity index is 1.31. The number of hydrogen-bond donors (Lipinski definition) is 1. The van der Waals surface area contributed by atoms with E-state index in [0.29, 0.717) is 49.7 Å². The van der Waals surface area contributed by atoms with E-state index in [9.17, 15) is 9.59 Å². The molecule has 0 unspecified atom stereocenters. The van der Waals surface area contributed by atoms with Gasteiger partial charge in [-0.15, -0.1) is 0 Å². The van der Waals surface area contributed by atoms with Crippen molar-refractivity contribution in [3.63, 3.8) is 0 Å². The zero-order valence-electron chi connectivity index (χ0n) is 19.9. The van der Waals surface area contributed by atoms with Crippen LogP contribution in [0.2, 0.25) is 0 Å². The van der Waals surface area contributed by atoms with Gasteiger partial charge in [0, 0.05) is 25.1 Å². The molecule has 0 spiro atoms. The lowest BCUT2D eigenvalue weighted by molar-refractivity contribution is -0.130. The molecule has 0 atom stereocenters. The number of likely N-dealkylation sites (tertiary alicyclic amines) is 1. The quantitative estimate of drug-likeness (QED) is 0.425. The van der Waals surface area contributed by atoms with E-state index in [1.54, 1.807) is 11.0 Å². The first-order valence-corrected chi connectivity index (χ1v) is 11.9. The van der Waals surface area contributed by atoms with Crippen molar-refractivity contribution < 1.29 is 19.1 Å². The number of benzene rings is 3. The molecule has 0 aliphatic carbocycles. The van der Waals surface area contributed by atoms with Crippen molar-refractivity contribution in [1.82, 2.24) is 4.90 Å². The van der Waals surface area contributed by atoms with Crippen molar-refractivity contribution in [2.24, 2.45) is 5.92 Å². The highest BCUT2D eigenvalue weighted by atomic mass is 16.5. The number of para-hydroxylation sites is 2. The molecule has 1 N–H and O–H groups in total. The van der Waals surface area contributed by atoms with E-state index in [2.05, 4.69) is 5.32 Å². The summed E-state index contributed by atoms with van der Waals surface area (Å²) in [6.45, 7) is 3.65. The first-order valence-electron chi connectivity index (χ1n) is 11.9. The molecular formula is C29H30N2O4. The van der Waals surface area contributed by atoms with E-state index in [4.69, 9.17) is 9.47 Å².